The molecule has 0 bridgehead atoms. The van der Waals surface area contributed by atoms with Crippen molar-refractivity contribution in [3.63, 3.8) is 0 Å². The number of aromatic nitrogens is 2. The Labute approximate surface area is 123 Å². The molecule has 21 heavy (non-hydrogen) atoms. The highest BCUT2D eigenvalue weighted by Crippen LogP contribution is 2.37. The molecule has 102 valence electrons. The number of hydrogen-bond donors (Lipinski definition) is 3. The summed E-state index contributed by atoms with van der Waals surface area (Å²) in [6.07, 6.45) is 0. The van der Waals surface area contributed by atoms with Crippen molar-refractivity contribution < 1.29 is 5.11 Å². The van der Waals surface area contributed by atoms with Crippen LogP contribution in [0.1, 0.15) is 11.1 Å². The van der Waals surface area contributed by atoms with Crippen molar-refractivity contribution >= 4 is 34.4 Å². The van der Waals surface area contributed by atoms with Gasteiger partial charge in [0.2, 0.25) is 5.88 Å². The van der Waals surface area contributed by atoms with E-state index in [1.54, 1.807) is 0 Å². The van der Waals surface area contributed by atoms with Gasteiger partial charge in [0.15, 0.2) is 4.77 Å². The van der Waals surface area contributed by atoms with Gasteiger partial charge in [-0.3, -0.25) is 9.78 Å². The van der Waals surface area contributed by atoms with Gasteiger partial charge < -0.3 is 10.1 Å². The molecule has 0 saturated heterocycles. The van der Waals surface area contributed by atoms with Gasteiger partial charge in [-0.05, 0) is 23.7 Å². The van der Waals surface area contributed by atoms with Crippen LogP contribution in [0, 0.1) is 4.77 Å². The number of nitrogens with zero attached hydrogens (tertiary/aromatic N) is 1. The van der Waals surface area contributed by atoms with Crippen molar-refractivity contribution in [1.82, 2.24) is 9.97 Å². The Morgan fingerprint density at radius 1 is 1.10 bits per heavy atom. The fraction of sp³-hybridized carbons (Fsp3) is 0. The van der Waals surface area contributed by atoms with E-state index in [1.165, 1.54) is 0 Å². The Hall–Kier alpha value is -2.73. The van der Waals surface area contributed by atoms with Gasteiger partial charge in [-0.1, -0.05) is 30.3 Å². The van der Waals surface area contributed by atoms with Crippen LogP contribution in [-0.2, 0) is 0 Å². The predicted octanol–water partition coefficient (Wildman–Crippen LogP) is 2.77. The molecule has 3 aromatic rings. The van der Waals surface area contributed by atoms with Gasteiger partial charge in [0, 0.05) is 10.9 Å². The number of aromatic amines is 2. The first-order valence-corrected chi connectivity index (χ1v) is 6.73. The number of hydrogen-bond acceptors (Lipinski definition) is 4. The fourth-order valence-corrected chi connectivity index (χ4v) is 2.87. The maximum absolute atomic E-state index is 12.1. The molecule has 4 rings (SSSR count). The van der Waals surface area contributed by atoms with Gasteiger partial charge in [0.25, 0.3) is 5.56 Å². The van der Waals surface area contributed by atoms with Gasteiger partial charge in [-0.2, -0.15) is 0 Å². The smallest absolute Gasteiger partial charge is 0.265 e. The number of H-pyrrole nitrogens is 2. The first-order valence-electron chi connectivity index (χ1n) is 6.32. The van der Waals surface area contributed by atoms with Crippen molar-refractivity contribution in [1.29, 1.82) is 0 Å². The molecule has 0 unspecified atom stereocenters. The third-order valence-electron chi connectivity index (χ3n) is 3.53. The summed E-state index contributed by atoms with van der Waals surface area (Å²) in [5, 5.41) is 12.1. The lowest BCUT2D eigenvalue weighted by atomic mass is 9.99. The minimum Gasteiger partial charge on any atom is -0.494 e. The van der Waals surface area contributed by atoms with Crippen LogP contribution in [0.15, 0.2) is 46.2 Å². The highest BCUT2D eigenvalue weighted by Gasteiger charge is 2.24. The Bertz CT molecular complexity index is 1040. The van der Waals surface area contributed by atoms with E-state index in [2.05, 4.69) is 15.0 Å². The molecule has 0 amide bonds. The lowest BCUT2D eigenvalue weighted by molar-refractivity contribution is 0.448. The molecule has 3 N–H and O–H groups in total. The lowest BCUT2D eigenvalue weighted by Gasteiger charge is -2.05. The topological polar surface area (TPSA) is 81.2 Å². The molecule has 0 fully saturated rings. The van der Waals surface area contributed by atoms with E-state index < -0.39 is 5.56 Å². The van der Waals surface area contributed by atoms with Crippen LogP contribution in [-0.4, -0.2) is 20.8 Å². The molecule has 5 nitrogen and oxygen atoms in total. The van der Waals surface area contributed by atoms with Gasteiger partial charge in [0.1, 0.15) is 5.56 Å². The average molecular weight is 295 g/mol. The number of aliphatic imine (C=N–C) groups is 1. The predicted molar refractivity (Wildman–Crippen MR) is 83.2 cm³/mol. The molecule has 1 aliphatic rings. The largest absolute Gasteiger partial charge is 0.494 e. The van der Waals surface area contributed by atoms with E-state index in [-0.39, 0.29) is 16.2 Å². The normalized spacial score (nSPS) is 12.7. The van der Waals surface area contributed by atoms with Crippen LogP contribution >= 0.6 is 12.2 Å². The minimum absolute atomic E-state index is 0.0792. The summed E-state index contributed by atoms with van der Waals surface area (Å²) in [5.41, 5.74) is 1.72. The van der Waals surface area contributed by atoms with Gasteiger partial charge in [0.05, 0.1) is 11.4 Å². The zero-order valence-corrected chi connectivity index (χ0v) is 11.5. The molecule has 0 radical (unpaired) electrons. The van der Waals surface area contributed by atoms with Crippen molar-refractivity contribution in [2.75, 3.05) is 0 Å². The molecule has 1 aliphatic heterocycles. The van der Waals surface area contributed by atoms with Crippen LogP contribution in [0.3, 0.4) is 0 Å². The van der Waals surface area contributed by atoms with E-state index in [4.69, 9.17) is 12.2 Å². The highest BCUT2D eigenvalue weighted by atomic mass is 32.1. The molecule has 6 heteroatoms. The Balaban J connectivity index is 2.09. The molecule has 0 saturated carbocycles. The van der Waals surface area contributed by atoms with Gasteiger partial charge in [-0.25, -0.2) is 4.99 Å². The number of benzene rings is 2. The molecule has 2 heterocycles. The Morgan fingerprint density at radius 2 is 1.86 bits per heavy atom. The summed E-state index contributed by atoms with van der Waals surface area (Å²) in [6.45, 7) is 0. The quantitative estimate of drug-likeness (QED) is 0.472. The van der Waals surface area contributed by atoms with Crippen LogP contribution in [0.2, 0.25) is 0 Å². The maximum Gasteiger partial charge on any atom is 0.265 e. The first kappa shape index (κ1) is 12.0. The van der Waals surface area contributed by atoms with Crippen molar-refractivity contribution in [2.24, 2.45) is 4.99 Å². The number of aromatic hydroxyl groups is 1. The summed E-state index contributed by atoms with van der Waals surface area (Å²) in [7, 11) is 0. The number of nitrogens with one attached hydrogen (secondary N) is 2. The average Bonchev–Trinajstić information content (AvgIpc) is 2.79. The molecular weight excluding hydrogens is 286 g/mol. The maximum atomic E-state index is 12.1. The Kier molecular flexibility index (Phi) is 2.37. The summed E-state index contributed by atoms with van der Waals surface area (Å²) in [4.78, 5) is 21.7. The summed E-state index contributed by atoms with van der Waals surface area (Å²) >= 11 is 4.84. The zero-order chi connectivity index (χ0) is 14.6. The standard InChI is InChI=1S/C15H9N3O2S/c19-13-11(14(20)18-15(21)17-13)12-8-5-1-3-7-4-2-6-9(16-12)10(7)8/h1-6H,(H3,17,18,19,20,21). The second-order valence-corrected chi connectivity index (χ2v) is 5.18. The summed E-state index contributed by atoms with van der Waals surface area (Å²) < 4.78 is 0.0792. The second-order valence-electron chi connectivity index (χ2n) is 4.77. The van der Waals surface area contributed by atoms with Crippen molar-refractivity contribution in [2.45, 2.75) is 0 Å². The zero-order valence-electron chi connectivity index (χ0n) is 10.7. The molecule has 0 aliphatic carbocycles. The van der Waals surface area contributed by atoms with E-state index in [0.29, 0.717) is 5.71 Å². The molecule has 2 aromatic carbocycles. The number of rotatable bonds is 1. The van der Waals surface area contributed by atoms with E-state index in [1.807, 2.05) is 36.4 Å². The highest BCUT2D eigenvalue weighted by molar-refractivity contribution is 7.71. The SMILES string of the molecule is O=c1[nH]c(=S)[nH]c(O)c1C1=Nc2cccc3cccc1c23. The molecule has 1 aromatic heterocycles. The molecule has 0 spiro atoms. The van der Waals surface area contributed by atoms with Crippen LogP contribution in [0.5, 0.6) is 5.88 Å². The van der Waals surface area contributed by atoms with Crippen molar-refractivity contribution in [3.8, 4) is 5.88 Å². The van der Waals surface area contributed by atoms with E-state index in [0.717, 1.165) is 22.0 Å². The molecule has 0 atom stereocenters. The van der Waals surface area contributed by atoms with Crippen molar-refractivity contribution in [3.05, 3.63) is 62.6 Å². The molecular formula is C15H9N3O2S. The van der Waals surface area contributed by atoms with Crippen LogP contribution < -0.4 is 5.56 Å². The fourth-order valence-electron chi connectivity index (χ4n) is 2.68. The monoisotopic (exact) mass is 295 g/mol. The van der Waals surface area contributed by atoms with Gasteiger partial charge >= 0.3 is 0 Å². The summed E-state index contributed by atoms with van der Waals surface area (Å²) in [6, 6.07) is 11.6. The first-order chi connectivity index (χ1) is 10.1. The van der Waals surface area contributed by atoms with E-state index >= 15 is 0 Å². The third kappa shape index (κ3) is 1.66. The third-order valence-corrected chi connectivity index (χ3v) is 3.73. The van der Waals surface area contributed by atoms with Gasteiger partial charge in [-0.15, -0.1) is 0 Å². The summed E-state index contributed by atoms with van der Waals surface area (Å²) in [5.74, 6) is -0.271. The second kappa shape index (κ2) is 4.13. The van der Waals surface area contributed by atoms with Crippen LogP contribution in [0.25, 0.3) is 10.8 Å². The lowest BCUT2D eigenvalue weighted by Crippen LogP contribution is -2.19. The van der Waals surface area contributed by atoms with E-state index in [9.17, 15) is 9.90 Å². The Morgan fingerprint density at radius 3 is 2.62 bits per heavy atom. The minimum atomic E-state index is -0.459. The van der Waals surface area contributed by atoms with Crippen LogP contribution in [0.4, 0.5) is 5.69 Å².